The summed E-state index contributed by atoms with van der Waals surface area (Å²) in [5, 5.41) is 4.27. The van der Waals surface area contributed by atoms with Crippen LogP contribution < -0.4 is 4.74 Å². The van der Waals surface area contributed by atoms with Crippen LogP contribution in [0.15, 0.2) is 34.9 Å². The summed E-state index contributed by atoms with van der Waals surface area (Å²) in [4.78, 5) is 14.8. The summed E-state index contributed by atoms with van der Waals surface area (Å²) >= 11 is 3.41. The Labute approximate surface area is 132 Å². The maximum Gasteiger partial charge on any atom is 0.215 e. The van der Waals surface area contributed by atoms with Gasteiger partial charge in [-0.2, -0.15) is 5.10 Å². The SMILES string of the molecule is COc1ccccc1C(=O)c1c(Br)cnn1CCN(C)C. The molecule has 112 valence electrons. The number of likely N-dealkylation sites (N-methyl/N-ethyl adjacent to an activating group) is 1. The molecule has 1 aromatic carbocycles. The number of methoxy groups -OCH3 is 1. The Morgan fingerprint density at radius 3 is 2.76 bits per heavy atom. The first-order valence-corrected chi connectivity index (χ1v) is 7.37. The highest BCUT2D eigenvalue weighted by atomic mass is 79.9. The van der Waals surface area contributed by atoms with E-state index in [9.17, 15) is 4.79 Å². The maximum atomic E-state index is 12.8. The third kappa shape index (κ3) is 3.51. The molecule has 0 aliphatic carbocycles. The Bertz CT molecular complexity index is 638. The maximum absolute atomic E-state index is 12.8. The van der Waals surface area contributed by atoms with Gasteiger partial charge in [-0.1, -0.05) is 12.1 Å². The van der Waals surface area contributed by atoms with Crippen molar-refractivity contribution in [2.75, 3.05) is 27.7 Å². The molecule has 1 heterocycles. The molecule has 0 saturated heterocycles. The molecular weight excluding hydrogens is 334 g/mol. The number of hydrogen-bond donors (Lipinski definition) is 0. The van der Waals surface area contributed by atoms with Crippen molar-refractivity contribution in [1.82, 2.24) is 14.7 Å². The van der Waals surface area contributed by atoms with Gasteiger partial charge in [0.25, 0.3) is 0 Å². The number of halogens is 1. The minimum atomic E-state index is -0.101. The first-order chi connectivity index (χ1) is 10.0. The highest BCUT2D eigenvalue weighted by molar-refractivity contribution is 9.10. The lowest BCUT2D eigenvalue weighted by Gasteiger charge is -2.12. The van der Waals surface area contributed by atoms with E-state index >= 15 is 0 Å². The van der Waals surface area contributed by atoms with Crippen molar-refractivity contribution >= 4 is 21.7 Å². The van der Waals surface area contributed by atoms with Gasteiger partial charge in [-0.15, -0.1) is 0 Å². The number of rotatable bonds is 6. The summed E-state index contributed by atoms with van der Waals surface area (Å²) in [7, 11) is 5.53. The molecule has 0 amide bonds. The van der Waals surface area contributed by atoms with Gasteiger partial charge < -0.3 is 9.64 Å². The summed E-state index contributed by atoms with van der Waals surface area (Å²) in [6, 6.07) is 7.21. The first kappa shape index (κ1) is 15.7. The fraction of sp³-hybridized carbons (Fsp3) is 0.333. The standard InChI is InChI=1S/C15H18BrN3O2/c1-18(2)8-9-19-14(12(16)10-17-19)15(20)11-6-4-5-7-13(11)21-3/h4-7,10H,8-9H2,1-3H3. The molecule has 0 unspecified atom stereocenters. The van der Waals surface area contributed by atoms with Gasteiger partial charge in [0.05, 0.1) is 29.9 Å². The number of carbonyl (C=O) groups is 1. The Morgan fingerprint density at radius 2 is 2.10 bits per heavy atom. The smallest absolute Gasteiger partial charge is 0.215 e. The summed E-state index contributed by atoms with van der Waals surface area (Å²) in [6.07, 6.45) is 1.65. The molecule has 0 N–H and O–H groups in total. The molecule has 0 saturated carbocycles. The van der Waals surface area contributed by atoms with E-state index in [4.69, 9.17) is 4.74 Å². The van der Waals surface area contributed by atoms with Gasteiger partial charge in [0.15, 0.2) is 0 Å². The molecule has 0 bridgehead atoms. The Morgan fingerprint density at radius 1 is 1.38 bits per heavy atom. The summed E-state index contributed by atoms with van der Waals surface area (Å²) < 4.78 is 7.68. The van der Waals surface area contributed by atoms with Gasteiger partial charge in [-0.25, -0.2) is 0 Å². The molecule has 0 aliphatic rings. The van der Waals surface area contributed by atoms with Gasteiger partial charge in [-0.05, 0) is 42.2 Å². The van der Waals surface area contributed by atoms with E-state index in [2.05, 4.69) is 21.0 Å². The predicted octanol–water partition coefficient (Wildman–Crippen LogP) is 2.45. The van der Waals surface area contributed by atoms with Crippen molar-refractivity contribution in [2.24, 2.45) is 0 Å². The topological polar surface area (TPSA) is 47.4 Å². The molecule has 1 aromatic heterocycles. The normalized spacial score (nSPS) is 10.9. The van der Waals surface area contributed by atoms with E-state index in [1.807, 2.05) is 31.1 Å². The van der Waals surface area contributed by atoms with Gasteiger partial charge in [0.2, 0.25) is 5.78 Å². The molecule has 6 heteroatoms. The third-order valence-electron chi connectivity index (χ3n) is 3.12. The molecule has 2 aromatic rings. The zero-order valence-electron chi connectivity index (χ0n) is 12.3. The van der Waals surface area contributed by atoms with Crippen LogP contribution in [0.1, 0.15) is 16.1 Å². The number of para-hydroxylation sites is 1. The number of aromatic nitrogens is 2. The lowest BCUT2D eigenvalue weighted by atomic mass is 10.1. The third-order valence-corrected chi connectivity index (χ3v) is 3.70. The highest BCUT2D eigenvalue weighted by Crippen LogP contribution is 2.25. The van der Waals surface area contributed by atoms with E-state index in [1.165, 1.54) is 0 Å². The van der Waals surface area contributed by atoms with Crippen LogP contribution in [0, 0.1) is 0 Å². The van der Waals surface area contributed by atoms with Crippen molar-refractivity contribution in [3.63, 3.8) is 0 Å². The van der Waals surface area contributed by atoms with Crippen LogP contribution in [0.5, 0.6) is 5.75 Å². The molecule has 0 spiro atoms. The van der Waals surface area contributed by atoms with E-state index in [0.717, 1.165) is 6.54 Å². The van der Waals surface area contributed by atoms with Crippen LogP contribution in [0.25, 0.3) is 0 Å². The number of ketones is 1. The van der Waals surface area contributed by atoms with Gasteiger partial charge in [0.1, 0.15) is 11.4 Å². The first-order valence-electron chi connectivity index (χ1n) is 6.58. The minimum absolute atomic E-state index is 0.101. The fourth-order valence-electron chi connectivity index (χ4n) is 2.01. The monoisotopic (exact) mass is 351 g/mol. The van der Waals surface area contributed by atoms with E-state index in [1.54, 1.807) is 30.1 Å². The molecular formula is C15H18BrN3O2. The summed E-state index contributed by atoms with van der Waals surface area (Å²) in [6.45, 7) is 1.45. The number of benzene rings is 1. The molecule has 0 atom stereocenters. The van der Waals surface area contributed by atoms with Gasteiger partial charge >= 0.3 is 0 Å². The molecule has 21 heavy (non-hydrogen) atoms. The molecule has 0 radical (unpaired) electrons. The van der Waals surface area contributed by atoms with E-state index in [-0.39, 0.29) is 5.78 Å². The van der Waals surface area contributed by atoms with Crippen molar-refractivity contribution in [2.45, 2.75) is 6.54 Å². The van der Waals surface area contributed by atoms with Crippen molar-refractivity contribution < 1.29 is 9.53 Å². The van der Waals surface area contributed by atoms with Crippen molar-refractivity contribution in [1.29, 1.82) is 0 Å². The van der Waals surface area contributed by atoms with Crippen molar-refractivity contribution in [3.8, 4) is 5.75 Å². The minimum Gasteiger partial charge on any atom is -0.496 e. The largest absolute Gasteiger partial charge is 0.496 e. The number of ether oxygens (including phenoxy) is 1. The second-order valence-corrected chi connectivity index (χ2v) is 5.75. The fourth-order valence-corrected chi connectivity index (χ4v) is 2.49. The van der Waals surface area contributed by atoms with Gasteiger partial charge in [0, 0.05) is 6.54 Å². The molecule has 5 nitrogen and oxygen atoms in total. The van der Waals surface area contributed by atoms with E-state index in [0.29, 0.717) is 28.0 Å². The Kier molecular flexibility index (Phi) is 5.14. The average Bonchev–Trinajstić information content (AvgIpc) is 2.85. The predicted molar refractivity (Wildman–Crippen MR) is 84.9 cm³/mol. The lowest BCUT2D eigenvalue weighted by molar-refractivity contribution is 0.102. The number of nitrogens with zero attached hydrogens (tertiary/aromatic N) is 3. The second-order valence-electron chi connectivity index (χ2n) is 4.90. The van der Waals surface area contributed by atoms with Crippen LogP contribution >= 0.6 is 15.9 Å². The quantitative estimate of drug-likeness (QED) is 0.750. The second kappa shape index (κ2) is 6.87. The zero-order chi connectivity index (χ0) is 15.4. The van der Waals surface area contributed by atoms with E-state index < -0.39 is 0 Å². The van der Waals surface area contributed by atoms with Crippen LogP contribution in [0.3, 0.4) is 0 Å². The molecule has 0 aliphatic heterocycles. The van der Waals surface area contributed by atoms with Crippen LogP contribution in [-0.4, -0.2) is 48.2 Å². The molecule has 2 rings (SSSR count). The zero-order valence-corrected chi connectivity index (χ0v) is 13.9. The Hall–Kier alpha value is -1.66. The van der Waals surface area contributed by atoms with Crippen molar-refractivity contribution in [3.05, 3.63) is 46.2 Å². The summed E-state index contributed by atoms with van der Waals surface area (Å²) in [5.74, 6) is 0.463. The number of hydrogen-bond acceptors (Lipinski definition) is 4. The molecule has 0 fully saturated rings. The average molecular weight is 352 g/mol. The van der Waals surface area contributed by atoms with Crippen LogP contribution in [-0.2, 0) is 6.54 Å². The van der Waals surface area contributed by atoms with Gasteiger partial charge in [-0.3, -0.25) is 9.48 Å². The van der Waals surface area contributed by atoms with Crippen LogP contribution in [0.2, 0.25) is 0 Å². The lowest BCUT2D eigenvalue weighted by Crippen LogP contribution is -2.22. The number of carbonyl (C=O) groups excluding carboxylic acids is 1. The Balaban J connectivity index is 2.37. The highest BCUT2D eigenvalue weighted by Gasteiger charge is 2.21. The van der Waals surface area contributed by atoms with Crippen LogP contribution in [0.4, 0.5) is 0 Å². The summed E-state index contributed by atoms with van der Waals surface area (Å²) in [5.41, 5.74) is 1.08.